The molecule has 1 aromatic carbocycles. The first-order valence-electron chi connectivity index (χ1n) is 6.71. The van der Waals surface area contributed by atoms with Crippen LogP contribution in [0.2, 0.25) is 10.0 Å². The molecule has 3 nitrogen and oxygen atoms in total. The number of rotatable bonds is 6. The van der Waals surface area contributed by atoms with Crippen LogP contribution in [0.5, 0.6) is 0 Å². The summed E-state index contributed by atoms with van der Waals surface area (Å²) in [4.78, 5) is 14.2. The third-order valence-electron chi connectivity index (χ3n) is 3.25. The summed E-state index contributed by atoms with van der Waals surface area (Å²) in [5, 5.41) is 0.974. The molecule has 1 aromatic rings. The van der Waals surface area contributed by atoms with E-state index < -0.39 is 0 Å². The van der Waals surface area contributed by atoms with E-state index in [2.05, 4.69) is 13.8 Å². The number of nitrogens with zero attached hydrogens (tertiary/aromatic N) is 1. The van der Waals surface area contributed by atoms with Crippen molar-refractivity contribution >= 4 is 29.1 Å². The predicted octanol–water partition coefficient (Wildman–Crippen LogP) is 3.37. The van der Waals surface area contributed by atoms with Crippen LogP contribution in [0.3, 0.4) is 0 Å². The molecule has 2 N–H and O–H groups in total. The van der Waals surface area contributed by atoms with Crippen LogP contribution in [0.25, 0.3) is 0 Å². The molecule has 0 aliphatic heterocycles. The van der Waals surface area contributed by atoms with Crippen LogP contribution in [0.1, 0.15) is 26.3 Å². The summed E-state index contributed by atoms with van der Waals surface area (Å²) >= 11 is 11.8. The standard InChI is InChI=1S/C15H22Cl2N2O/c1-4-19(10-15(2,3)9-18)14(20)8-11-5-6-12(16)13(17)7-11/h5-7H,4,8-10,18H2,1-3H3. The summed E-state index contributed by atoms with van der Waals surface area (Å²) in [5.74, 6) is 0.0763. The number of benzene rings is 1. The van der Waals surface area contributed by atoms with Gasteiger partial charge in [0.1, 0.15) is 0 Å². The molecular formula is C15H22Cl2N2O. The molecule has 0 saturated heterocycles. The third kappa shape index (κ3) is 4.97. The highest BCUT2D eigenvalue weighted by Crippen LogP contribution is 2.23. The number of halogens is 2. The largest absolute Gasteiger partial charge is 0.342 e. The Morgan fingerprint density at radius 2 is 1.95 bits per heavy atom. The molecule has 0 heterocycles. The van der Waals surface area contributed by atoms with Crippen LogP contribution in [0.15, 0.2) is 18.2 Å². The first-order valence-corrected chi connectivity index (χ1v) is 7.46. The van der Waals surface area contributed by atoms with E-state index in [4.69, 9.17) is 28.9 Å². The maximum Gasteiger partial charge on any atom is 0.226 e. The zero-order valence-electron chi connectivity index (χ0n) is 12.2. The van der Waals surface area contributed by atoms with E-state index in [9.17, 15) is 4.79 Å². The van der Waals surface area contributed by atoms with Crippen LogP contribution in [-0.2, 0) is 11.2 Å². The van der Waals surface area contributed by atoms with E-state index in [0.29, 0.717) is 36.1 Å². The van der Waals surface area contributed by atoms with Gasteiger partial charge in [-0.2, -0.15) is 0 Å². The van der Waals surface area contributed by atoms with Crippen LogP contribution < -0.4 is 5.73 Å². The SMILES string of the molecule is CCN(CC(C)(C)CN)C(=O)Cc1ccc(Cl)c(Cl)c1. The first kappa shape index (κ1) is 17.3. The van der Waals surface area contributed by atoms with Crippen molar-refractivity contribution in [3.05, 3.63) is 33.8 Å². The first-order chi connectivity index (χ1) is 9.29. The van der Waals surface area contributed by atoms with E-state index in [1.165, 1.54) is 0 Å². The number of amides is 1. The van der Waals surface area contributed by atoms with Gasteiger partial charge < -0.3 is 10.6 Å². The number of carbonyl (C=O) groups is 1. The Labute approximate surface area is 131 Å². The molecule has 0 aliphatic carbocycles. The molecule has 0 saturated carbocycles. The minimum atomic E-state index is -0.0800. The van der Waals surface area contributed by atoms with Crippen molar-refractivity contribution in [3.8, 4) is 0 Å². The Morgan fingerprint density at radius 3 is 2.45 bits per heavy atom. The average molecular weight is 317 g/mol. The molecule has 0 spiro atoms. The van der Waals surface area contributed by atoms with E-state index in [1.54, 1.807) is 12.1 Å². The highest BCUT2D eigenvalue weighted by atomic mass is 35.5. The number of carbonyl (C=O) groups excluding carboxylic acids is 1. The lowest BCUT2D eigenvalue weighted by Crippen LogP contribution is -2.42. The van der Waals surface area contributed by atoms with Crippen molar-refractivity contribution in [1.82, 2.24) is 4.90 Å². The van der Waals surface area contributed by atoms with E-state index >= 15 is 0 Å². The lowest BCUT2D eigenvalue weighted by molar-refractivity contribution is -0.131. The average Bonchev–Trinajstić information content (AvgIpc) is 2.40. The molecule has 0 bridgehead atoms. The Bertz CT molecular complexity index is 475. The molecule has 0 aromatic heterocycles. The van der Waals surface area contributed by atoms with Crippen molar-refractivity contribution < 1.29 is 4.79 Å². The van der Waals surface area contributed by atoms with E-state index in [1.807, 2.05) is 17.9 Å². The van der Waals surface area contributed by atoms with Crippen LogP contribution >= 0.6 is 23.2 Å². The lowest BCUT2D eigenvalue weighted by Gasteiger charge is -2.31. The Balaban J connectivity index is 2.74. The van der Waals surface area contributed by atoms with Gasteiger partial charge in [0.15, 0.2) is 0 Å². The molecule has 0 radical (unpaired) electrons. The molecule has 20 heavy (non-hydrogen) atoms. The van der Waals surface area contributed by atoms with Gasteiger partial charge in [0, 0.05) is 13.1 Å². The molecule has 0 atom stereocenters. The molecule has 1 rings (SSSR count). The lowest BCUT2D eigenvalue weighted by atomic mass is 9.93. The Kier molecular flexibility index (Phi) is 6.31. The van der Waals surface area contributed by atoms with Crippen molar-refractivity contribution in [2.75, 3.05) is 19.6 Å². The Morgan fingerprint density at radius 1 is 1.30 bits per heavy atom. The minimum Gasteiger partial charge on any atom is -0.342 e. The quantitative estimate of drug-likeness (QED) is 0.874. The van der Waals surface area contributed by atoms with E-state index in [0.717, 1.165) is 5.56 Å². The van der Waals surface area contributed by atoms with Gasteiger partial charge in [-0.3, -0.25) is 4.79 Å². The maximum absolute atomic E-state index is 12.3. The predicted molar refractivity (Wildman–Crippen MR) is 85.3 cm³/mol. The fraction of sp³-hybridized carbons (Fsp3) is 0.533. The second-order valence-electron chi connectivity index (χ2n) is 5.70. The summed E-state index contributed by atoms with van der Waals surface area (Å²) in [5.41, 5.74) is 6.52. The number of hydrogen-bond donors (Lipinski definition) is 1. The Hall–Kier alpha value is -0.770. The normalized spacial score (nSPS) is 11.5. The molecule has 112 valence electrons. The zero-order valence-corrected chi connectivity index (χ0v) is 13.8. The van der Waals surface area contributed by atoms with Gasteiger partial charge in [-0.05, 0) is 36.6 Å². The van der Waals surface area contributed by atoms with Crippen molar-refractivity contribution in [2.45, 2.75) is 27.2 Å². The topological polar surface area (TPSA) is 46.3 Å². The monoisotopic (exact) mass is 316 g/mol. The second-order valence-corrected chi connectivity index (χ2v) is 6.52. The fourth-order valence-corrected chi connectivity index (χ4v) is 2.21. The molecule has 1 amide bonds. The van der Waals surface area contributed by atoms with Gasteiger partial charge in [0.2, 0.25) is 5.91 Å². The molecule has 5 heteroatoms. The summed E-state index contributed by atoms with van der Waals surface area (Å²) in [6.45, 7) is 7.96. The van der Waals surface area contributed by atoms with Crippen LogP contribution in [0, 0.1) is 5.41 Å². The van der Waals surface area contributed by atoms with Gasteiger partial charge in [-0.1, -0.05) is 43.1 Å². The van der Waals surface area contributed by atoms with Gasteiger partial charge in [0.25, 0.3) is 0 Å². The summed E-state index contributed by atoms with van der Waals surface area (Å²) in [6, 6.07) is 5.28. The molecule has 0 aliphatic rings. The summed E-state index contributed by atoms with van der Waals surface area (Å²) in [6.07, 6.45) is 0.325. The smallest absolute Gasteiger partial charge is 0.226 e. The second kappa shape index (κ2) is 7.30. The van der Waals surface area contributed by atoms with Gasteiger partial charge in [-0.15, -0.1) is 0 Å². The van der Waals surface area contributed by atoms with Crippen LogP contribution in [0.4, 0.5) is 0 Å². The van der Waals surface area contributed by atoms with Crippen molar-refractivity contribution in [3.63, 3.8) is 0 Å². The fourth-order valence-electron chi connectivity index (χ4n) is 1.89. The van der Waals surface area contributed by atoms with E-state index in [-0.39, 0.29) is 11.3 Å². The highest BCUT2D eigenvalue weighted by Gasteiger charge is 2.22. The summed E-state index contributed by atoms with van der Waals surface area (Å²) in [7, 11) is 0. The van der Waals surface area contributed by atoms with Crippen molar-refractivity contribution in [1.29, 1.82) is 0 Å². The minimum absolute atomic E-state index is 0.0763. The van der Waals surface area contributed by atoms with Crippen LogP contribution in [-0.4, -0.2) is 30.4 Å². The zero-order chi connectivity index (χ0) is 15.3. The number of hydrogen-bond acceptors (Lipinski definition) is 2. The third-order valence-corrected chi connectivity index (χ3v) is 3.98. The van der Waals surface area contributed by atoms with Gasteiger partial charge >= 0.3 is 0 Å². The number of likely N-dealkylation sites (N-methyl/N-ethyl adjacent to an activating group) is 1. The number of nitrogens with two attached hydrogens (primary N) is 1. The molecule has 0 unspecified atom stereocenters. The molecular weight excluding hydrogens is 295 g/mol. The summed E-state index contributed by atoms with van der Waals surface area (Å²) < 4.78 is 0. The maximum atomic E-state index is 12.3. The highest BCUT2D eigenvalue weighted by molar-refractivity contribution is 6.42. The van der Waals surface area contributed by atoms with Gasteiger partial charge in [-0.25, -0.2) is 0 Å². The van der Waals surface area contributed by atoms with Crippen molar-refractivity contribution in [2.24, 2.45) is 11.1 Å². The van der Waals surface area contributed by atoms with Gasteiger partial charge in [0.05, 0.1) is 16.5 Å². The molecule has 0 fully saturated rings.